The smallest absolute Gasteiger partial charge is 0.232 e. The van der Waals surface area contributed by atoms with E-state index < -0.39 is 0 Å². The van der Waals surface area contributed by atoms with E-state index in [9.17, 15) is 19.2 Å². The molecule has 0 saturated carbocycles. The lowest BCUT2D eigenvalue weighted by Crippen LogP contribution is -2.40. The summed E-state index contributed by atoms with van der Waals surface area (Å²) in [5, 5.41) is 9.43. The third-order valence-corrected chi connectivity index (χ3v) is 5.21. The van der Waals surface area contributed by atoms with Gasteiger partial charge in [0.25, 0.3) is 0 Å². The van der Waals surface area contributed by atoms with Crippen LogP contribution in [0.1, 0.15) is 42.7 Å². The molecule has 0 aromatic heterocycles. The summed E-state index contributed by atoms with van der Waals surface area (Å²) in [6, 6.07) is 15.0. The molecular weight excluding hydrogens is 343 g/mol. The minimum absolute atomic E-state index is 0.0255. The largest absolute Gasteiger partial charge is 0.294 e. The number of anilines is 1. The number of hydrogen-bond acceptors (Lipinski definition) is 3. The van der Waals surface area contributed by atoms with Crippen LogP contribution in [-0.4, -0.2) is 11.7 Å². The summed E-state index contributed by atoms with van der Waals surface area (Å²) in [6.45, 7) is 0. The van der Waals surface area contributed by atoms with Crippen molar-refractivity contribution in [2.45, 2.75) is 31.6 Å². The van der Waals surface area contributed by atoms with Crippen molar-refractivity contribution in [2.75, 3.05) is 4.90 Å². The Balaban J connectivity index is 1.89. The van der Waals surface area contributed by atoms with Gasteiger partial charge in [0.2, 0.25) is 5.91 Å². The Morgan fingerprint density at radius 1 is 1.04 bits per heavy atom. The summed E-state index contributed by atoms with van der Waals surface area (Å²) >= 11 is 0. The van der Waals surface area contributed by atoms with E-state index in [1.807, 2.05) is 0 Å². The summed E-state index contributed by atoms with van der Waals surface area (Å²) < 4.78 is 13.3. The molecule has 0 bridgehead atoms. The molecule has 1 aliphatic heterocycles. The van der Waals surface area contributed by atoms with Crippen LogP contribution in [0.15, 0.2) is 59.8 Å². The van der Waals surface area contributed by atoms with Crippen LogP contribution in [0.3, 0.4) is 0 Å². The van der Waals surface area contributed by atoms with Crippen LogP contribution in [0.4, 0.5) is 10.1 Å². The second-order valence-electron chi connectivity index (χ2n) is 6.80. The van der Waals surface area contributed by atoms with E-state index >= 15 is 0 Å². The number of nitriles is 1. The van der Waals surface area contributed by atoms with Gasteiger partial charge in [-0.1, -0.05) is 24.3 Å². The fourth-order valence-corrected chi connectivity index (χ4v) is 4.02. The van der Waals surface area contributed by atoms with Gasteiger partial charge in [0, 0.05) is 30.0 Å². The molecule has 4 nitrogen and oxygen atoms in total. The molecule has 2 aliphatic rings. The standard InChI is InChI=1S/C22H17FN2O2/c23-16-10-8-14(9-11-16)17-12-21(27)25(18-5-2-1-4-15(18)13-24)19-6-3-7-20(26)22(17)19/h1-2,4-5,8-11,17H,3,6-7,12H2. The fourth-order valence-electron chi connectivity index (χ4n) is 4.02. The first kappa shape index (κ1) is 17.2. The van der Waals surface area contributed by atoms with Gasteiger partial charge >= 0.3 is 0 Å². The zero-order chi connectivity index (χ0) is 19.0. The number of allylic oxidation sites excluding steroid dienone is 2. The van der Waals surface area contributed by atoms with Crippen molar-refractivity contribution < 1.29 is 14.0 Å². The molecule has 134 valence electrons. The zero-order valence-electron chi connectivity index (χ0n) is 14.6. The summed E-state index contributed by atoms with van der Waals surface area (Å²) in [7, 11) is 0. The van der Waals surface area contributed by atoms with Crippen molar-refractivity contribution in [1.29, 1.82) is 5.26 Å². The molecule has 0 saturated heterocycles. The molecule has 1 heterocycles. The molecule has 4 rings (SSSR count). The average molecular weight is 360 g/mol. The Bertz CT molecular complexity index is 1000. The first-order chi connectivity index (χ1) is 13.1. The maximum atomic E-state index is 13.3. The molecule has 1 amide bonds. The number of carbonyl (C=O) groups is 2. The number of Topliss-reactive ketones (excluding diaryl/α,β-unsaturated/α-hetero) is 1. The lowest BCUT2D eigenvalue weighted by atomic mass is 9.77. The highest BCUT2D eigenvalue weighted by molar-refractivity contribution is 6.08. The van der Waals surface area contributed by atoms with E-state index in [0.717, 1.165) is 5.56 Å². The van der Waals surface area contributed by atoms with Gasteiger partial charge in [-0.25, -0.2) is 4.39 Å². The maximum absolute atomic E-state index is 13.3. The molecular formula is C22H17FN2O2. The van der Waals surface area contributed by atoms with E-state index in [2.05, 4.69) is 6.07 Å². The van der Waals surface area contributed by atoms with Crippen molar-refractivity contribution in [3.8, 4) is 6.07 Å². The number of rotatable bonds is 2. The maximum Gasteiger partial charge on any atom is 0.232 e. The van der Waals surface area contributed by atoms with Crippen LogP contribution in [0.25, 0.3) is 0 Å². The third kappa shape index (κ3) is 2.93. The Kier molecular flexibility index (Phi) is 4.33. The van der Waals surface area contributed by atoms with Gasteiger partial charge in [0.15, 0.2) is 5.78 Å². The Hall–Kier alpha value is -3.26. The van der Waals surface area contributed by atoms with Crippen LogP contribution in [0.2, 0.25) is 0 Å². The number of halogens is 1. The predicted octanol–water partition coefficient (Wildman–Crippen LogP) is 4.22. The molecule has 2 aromatic rings. The number of ketones is 1. The average Bonchev–Trinajstić information content (AvgIpc) is 2.68. The first-order valence-corrected chi connectivity index (χ1v) is 8.94. The summed E-state index contributed by atoms with van der Waals surface area (Å²) in [4.78, 5) is 27.4. The fraction of sp³-hybridized carbons (Fsp3) is 0.227. The van der Waals surface area contributed by atoms with E-state index in [1.165, 1.54) is 12.1 Å². The van der Waals surface area contributed by atoms with Gasteiger partial charge in [-0.15, -0.1) is 0 Å². The number of nitrogens with zero attached hydrogens (tertiary/aromatic N) is 2. The van der Waals surface area contributed by atoms with Crippen molar-refractivity contribution in [3.05, 3.63) is 76.7 Å². The topological polar surface area (TPSA) is 61.2 Å². The molecule has 5 heteroatoms. The third-order valence-electron chi connectivity index (χ3n) is 5.21. The SMILES string of the molecule is N#Cc1ccccc1N1C(=O)CC(c2ccc(F)cc2)C2=C1CCCC2=O. The number of carbonyl (C=O) groups excluding carboxylic acids is 2. The monoisotopic (exact) mass is 360 g/mol. The molecule has 0 spiro atoms. The quantitative estimate of drug-likeness (QED) is 0.805. The first-order valence-electron chi connectivity index (χ1n) is 8.94. The minimum atomic E-state index is -0.369. The van der Waals surface area contributed by atoms with Crippen molar-refractivity contribution in [2.24, 2.45) is 0 Å². The van der Waals surface area contributed by atoms with Crippen LogP contribution in [0, 0.1) is 17.1 Å². The molecule has 0 radical (unpaired) electrons. The highest BCUT2D eigenvalue weighted by Gasteiger charge is 2.40. The van der Waals surface area contributed by atoms with Gasteiger partial charge in [-0.05, 0) is 42.7 Å². The molecule has 0 N–H and O–H groups in total. The van der Waals surface area contributed by atoms with Gasteiger partial charge in [-0.2, -0.15) is 5.26 Å². The van der Waals surface area contributed by atoms with E-state index in [4.69, 9.17) is 0 Å². The number of hydrogen-bond donors (Lipinski definition) is 0. The summed E-state index contributed by atoms with van der Waals surface area (Å²) in [5.74, 6) is -0.848. The molecule has 1 unspecified atom stereocenters. The molecule has 0 fully saturated rings. The Labute approximate surface area is 156 Å². The lowest BCUT2D eigenvalue weighted by molar-refractivity contribution is -0.119. The van der Waals surface area contributed by atoms with Crippen molar-refractivity contribution in [3.63, 3.8) is 0 Å². The highest BCUT2D eigenvalue weighted by atomic mass is 19.1. The molecule has 1 aliphatic carbocycles. The predicted molar refractivity (Wildman–Crippen MR) is 98.3 cm³/mol. The van der Waals surface area contributed by atoms with Gasteiger partial charge in [0.05, 0.1) is 11.3 Å². The van der Waals surface area contributed by atoms with Gasteiger partial charge < -0.3 is 0 Å². The van der Waals surface area contributed by atoms with Crippen molar-refractivity contribution in [1.82, 2.24) is 0 Å². The molecule has 1 atom stereocenters. The Morgan fingerprint density at radius 2 is 1.78 bits per heavy atom. The van der Waals surface area contributed by atoms with Crippen molar-refractivity contribution >= 4 is 17.4 Å². The number of amides is 1. The second kappa shape index (κ2) is 6.81. The highest BCUT2D eigenvalue weighted by Crippen LogP contribution is 2.43. The van der Waals surface area contributed by atoms with Crippen LogP contribution < -0.4 is 4.90 Å². The number of para-hydroxylation sites is 1. The second-order valence-corrected chi connectivity index (χ2v) is 6.80. The molecule has 27 heavy (non-hydrogen) atoms. The van der Waals surface area contributed by atoms with Crippen LogP contribution in [-0.2, 0) is 9.59 Å². The normalized spacial score (nSPS) is 19.7. The van der Waals surface area contributed by atoms with Crippen LogP contribution in [0.5, 0.6) is 0 Å². The Morgan fingerprint density at radius 3 is 2.52 bits per heavy atom. The van der Waals surface area contributed by atoms with Gasteiger partial charge in [0.1, 0.15) is 11.9 Å². The minimum Gasteiger partial charge on any atom is -0.294 e. The lowest BCUT2D eigenvalue weighted by Gasteiger charge is -2.38. The number of benzene rings is 2. The van der Waals surface area contributed by atoms with Gasteiger partial charge in [-0.3, -0.25) is 14.5 Å². The van der Waals surface area contributed by atoms with E-state index in [-0.39, 0.29) is 29.8 Å². The molecule has 2 aromatic carbocycles. The zero-order valence-corrected chi connectivity index (χ0v) is 14.6. The van der Waals surface area contributed by atoms with Crippen LogP contribution >= 0.6 is 0 Å². The van der Waals surface area contributed by atoms with E-state index in [1.54, 1.807) is 41.3 Å². The van der Waals surface area contributed by atoms with E-state index in [0.29, 0.717) is 41.8 Å². The summed E-state index contributed by atoms with van der Waals surface area (Å²) in [6.07, 6.45) is 1.84. The summed E-state index contributed by atoms with van der Waals surface area (Å²) in [5.41, 5.74) is 2.99.